The van der Waals surface area contributed by atoms with E-state index in [1.807, 2.05) is 0 Å². The summed E-state index contributed by atoms with van der Waals surface area (Å²) < 4.78 is 109. The lowest BCUT2D eigenvalue weighted by atomic mass is 10.1. The predicted molar refractivity (Wildman–Crippen MR) is 133 cm³/mol. The van der Waals surface area contributed by atoms with Crippen molar-refractivity contribution in [2.45, 2.75) is 36.1 Å². The van der Waals surface area contributed by atoms with Gasteiger partial charge in [0, 0.05) is 29.8 Å². The molecule has 0 bridgehead atoms. The van der Waals surface area contributed by atoms with E-state index in [0.29, 0.717) is 17.9 Å². The molecule has 3 aromatic rings. The van der Waals surface area contributed by atoms with Crippen molar-refractivity contribution in [1.29, 1.82) is 0 Å². The van der Waals surface area contributed by atoms with E-state index in [1.165, 1.54) is 34.6 Å². The van der Waals surface area contributed by atoms with E-state index >= 15 is 0 Å². The Bertz CT molecular complexity index is 1430. The minimum atomic E-state index is -4.70. The smallest absolute Gasteiger partial charge is 0.422 e. The summed E-state index contributed by atoms with van der Waals surface area (Å²) in [4.78, 5) is 11.7. The van der Waals surface area contributed by atoms with Gasteiger partial charge in [0.25, 0.3) is 0 Å². The summed E-state index contributed by atoms with van der Waals surface area (Å²) >= 11 is 5.83. The molecule has 2 aromatic carbocycles. The molecule has 0 radical (unpaired) electrons. The number of sulfonamides is 1. The van der Waals surface area contributed by atoms with Crippen LogP contribution in [0.5, 0.6) is 6.01 Å². The van der Waals surface area contributed by atoms with Gasteiger partial charge in [-0.2, -0.15) is 45.6 Å². The molecular formula is C23H21ClF6N6O3S. The van der Waals surface area contributed by atoms with Crippen molar-refractivity contribution >= 4 is 39.2 Å². The Kier molecular flexibility index (Phi) is 8.60. The van der Waals surface area contributed by atoms with Gasteiger partial charge in [0.2, 0.25) is 21.9 Å². The molecule has 0 spiro atoms. The molecule has 1 aliphatic rings. The number of piperidine rings is 1. The van der Waals surface area contributed by atoms with E-state index < -0.39 is 40.6 Å². The van der Waals surface area contributed by atoms with Crippen LogP contribution in [0.15, 0.2) is 53.4 Å². The second-order valence-corrected chi connectivity index (χ2v) is 11.0. The Morgan fingerprint density at radius 2 is 1.60 bits per heavy atom. The molecule has 0 atom stereocenters. The first-order valence-corrected chi connectivity index (χ1v) is 13.4. The number of nitrogens with zero attached hydrogens (tertiary/aromatic N) is 4. The topological polar surface area (TPSA) is 109 Å². The maximum Gasteiger partial charge on any atom is 0.422 e. The molecule has 9 nitrogen and oxygen atoms in total. The summed E-state index contributed by atoms with van der Waals surface area (Å²) in [6, 6.07) is 8.69. The highest BCUT2D eigenvalue weighted by Gasteiger charge is 2.32. The number of rotatable bonds is 8. The zero-order valence-corrected chi connectivity index (χ0v) is 21.9. The number of alkyl halides is 6. The van der Waals surface area contributed by atoms with Crippen molar-refractivity contribution < 1.29 is 39.5 Å². The van der Waals surface area contributed by atoms with Crippen LogP contribution in [0.4, 0.5) is 43.9 Å². The lowest BCUT2D eigenvalue weighted by Crippen LogP contribution is -2.42. The molecule has 4 rings (SSSR count). The van der Waals surface area contributed by atoms with Gasteiger partial charge in [0.15, 0.2) is 6.61 Å². The fourth-order valence-corrected chi connectivity index (χ4v) is 5.36. The molecule has 216 valence electrons. The first-order valence-electron chi connectivity index (χ1n) is 11.6. The molecule has 0 amide bonds. The van der Waals surface area contributed by atoms with Crippen LogP contribution in [0.1, 0.15) is 18.4 Å². The molecular weight excluding hydrogens is 590 g/mol. The number of hydrogen-bond acceptors (Lipinski definition) is 8. The Morgan fingerprint density at radius 3 is 2.23 bits per heavy atom. The molecule has 1 aliphatic heterocycles. The third kappa shape index (κ3) is 7.85. The number of ether oxygens (including phenoxy) is 1. The second kappa shape index (κ2) is 11.6. The fourth-order valence-electron chi connectivity index (χ4n) is 3.77. The normalized spacial score (nSPS) is 15.6. The molecule has 0 unspecified atom stereocenters. The number of hydrogen-bond donors (Lipinski definition) is 2. The fraction of sp³-hybridized carbons (Fsp3) is 0.348. The van der Waals surface area contributed by atoms with Crippen LogP contribution in [-0.2, 0) is 16.2 Å². The second-order valence-electron chi connectivity index (χ2n) is 8.65. The largest absolute Gasteiger partial charge is 0.454 e. The standard InChI is InChI=1S/C23H21ClF6N6O3S/c24-15-4-6-18(7-5-15)40(37,38)36-10-8-16(9-11-36)31-19-33-20(35-21(34-19)39-13-22(25,26)27)32-17-3-1-2-14(12-17)23(28,29)30/h1-7,12,16H,8-11,13H2,(H2,31,32,33,34,35). The van der Waals surface area contributed by atoms with Crippen LogP contribution in [0.25, 0.3) is 0 Å². The third-order valence-electron chi connectivity index (χ3n) is 5.66. The summed E-state index contributed by atoms with van der Waals surface area (Å²) in [5.41, 5.74) is -1.03. The average molecular weight is 611 g/mol. The van der Waals surface area contributed by atoms with Crippen molar-refractivity contribution in [3.8, 4) is 6.01 Å². The van der Waals surface area contributed by atoms with Gasteiger partial charge in [0.1, 0.15) is 0 Å². The summed E-state index contributed by atoms with van der Waals surface area (Å²) in [6.45, 7) is -1.46. The average Bonchev–Trinajstić information content (AvgIpc) is 2.87. The number of nitrogens with one attached hydrogen (secondary N) is 2. The van der Waals surface area contributed by atoms with Crippen LogP contribution in [0.2, 0.25) is 5.02 Å². The minimum Gasteiger partial charge on any atom is -0.454 e. The lowest BCUT2D eigenvalue weighted by Gasteiger charge is -2.31. The SMILES string of the molecule is O=S(=O)(c1ccc(Cl)cc1)N1CCC(Nc2nc(Nc3cccc(C(F)(F)F)c3)nc(OCC(F)(F)F)n2)CC1. The lowest BCUT2D eigenvalue weighted by molar-refractivity contribution is -0.154. The van der Waals surface area contributed by atoms with Gasteiger partial charge >= 0.3 is 18.4 Å². The summed E-state index contributed by atoms with van der Waals surface area (Å²) in [6.07, 6.45) is -8.72. The highest BCUT2D eigenvalue weighted by atomic mass is 35.5. The monoisotopic (exact) mass is 610 g/mol. The van der Waals surface area contributed by atoms with E-state index in [9.17, 15) is 34.8 Å². The molecule has 1 saturated heterocycles. The van der Waals surface area contributed by atoms with Gasteiger partial charge in [-0.05, 0) is 55.3 Å². The van der Waals surface area contributed by atoms with E-state index in [1.54, 1.807) is 0 Å². The molecule has 17 heteroatoms. The molecule has 2 N–H and O–H groups in total. The third-order valence-corrected chi connectivity index (χ3v) is 7.83. The van der Waals surface area contributed by atoms with E-state index in [2.05, 4.69) is 30.3 Å². The summed E-state index contributed by atoms with van der Waals surface area (Å²) in [7, 11) is -3.77. The van der Waals surface area contributed by atoms with Gasteiger partial charge in [-0.25, -0.2) is 8.42 Å². The molecule has 1 aromatic heterocycles. The zero-order valence-electron chi connectivity index (χ0n) is 20.3. The highest BCUT2D eigenvalue weighted by Crippen LogP contribution is 2.31. The molecule has 0 saturated carbocycles. The minimum absolute atomic E-state index is 0.0746. The maximum atomic E-state index is 13.1. The molecule has 1 fully saturated rings. The Hall–Kier alpha value is -3.37. The summed E-state index contributed by atoms with van der Waals surface area (Å²) in [5, 5.41) is 5.83. The van der Waals surface area contributed by atoms with Gasteiger partial charge in [0.05, 0.1) is 10.5 Å². The van der Waals surface area contributed by atoms with Crippen LogP contribution in [0.3, 0.4) is 0 Å². The zero-order chi connectivity index (χ0) is 29.1. The van der Waals surface area contributed by atoms with Crippen molar-refractivity contribution in [2.75, 3.05) is 30.3 Å². The Labute approximate surface area is 229 Å². The number of anilines is 3. The van der Waals surface area contributed by atoms with Gasteiger partial charge < -0.3 is 15.4 Å². The summed E-state index contributed by atoms with van der Waals surface area (Å²) in [5.74, 6) is -0.572. The van der Waals surface area contributed by atoms with Crippen LogP contribution in [0, 0.1) is 0 Å². The van der Waals surface area contributed by atoms with Crippen molar-refractivity contribution in [3.05, 3.63) is 59.1 Å². The van der Waals surface area contributed by atoms with E-state index in [4.69, 9.17) is 11.6 Å². The van der Waals surface area contributed by atoms with Crippen LogP contribution >= 0.6 is 11.6 Å². The first-order chi connectivity index (χ1) is 18.7. The van der Waals surface area contributed by atoms with E-state index in [-0.39, 0.29) is 41.6 Å². The number of halogens is 7. The van der Waals surface area contributed by atoms with Crippen LogP contribution in [-0.4, -0.2) is 59.6 Å². The molecule has 0 aliphatic carbocycles. The van der Waals surface area contributed by atoms with Crippen molar-refractivity contribution in [3.63, 3.8) is 0 Å². The predicted octanol–water partition coefficient (Wildman–Crippen LogP) is 5.49. The quantitative estimate of drug-likeness (QED) is 0.322. The number of benzene rings is 2. The van der Waals surface area contributed by atoms with Gasteiger partial charge in [-0.15, -0.1) is 0 Å². The maximum absolute atomic E-state index is 13.1. The van der Waals surface area contributed by atoms with Crippen molar-refractivity contribution in [1.82, 2.24) is 19.3 Å². The highest BCUT2D eigenvalue weighted by molar-refractivity contribution is 7.89. The van der Waals surface area contributed by atoms with Crippen molar-refractivity contribution in [2.24, 2.45) is 0 Å². The number of aromatic nitrogens is 3. The van der Waals surface area contributed by atoms with Gasteiger partial charge in [-0.3, -0.25) is 0 Å². The van der Waals surface area contributed by atoms with Crippen LogP contribution < -0.4 is 15.4 Å². The Morgan fingerprint density at radius 1 is 0.950 bits per heavy atom. The first kappa shape index (κ1) is 29.6. The molecule has 40 heavy (non-hydrogen) atoms. The van der Waals surface area contributed by atoms with Gasteiger partial charge in [-0.1, -0.05) is 17.7 Å². The molecule has 2 heterocycles. The Balaban J connectivity index is 1.49. The van der Waals surface area contributed by atoms with E-state index in [0.717, 1.165) is 18.2 Å².